The summed E-state index contributed by atoms with van der Waals surface area (Å²) in [6.07, 6.45) is -4.65. The van der Waals surface area contributed by atoms with Gasteiger partial charge in [0, 0.05) is 22.5 Å². The number of hydrogen-bond acceptors (Lipinski definition) is 5. The molecule has 2 heterocycles. The number of alkyl halides is 5. The van der Waals surface area contributed by atoms with Crippen molar-refractivity contribution in [2.24, 2.45) is 5.41 Å². The maximum Gasteiger partial charge on any atom is 0.416 e. The zero-order valence-electron chi connectivity index (χ0n) is 16.9. The number of anilines is 1. The Morgan fingerprint density at radius 1 is 1.06 bits per heavy atom. The molecule has 4 aliphatic rings. The van der Waals surface area contributed by atoms with Crippen molar-refractivity contribution in [2.45, 2.75) is 48.5 Å². The largest absolute Gasteiger partial charge is 0.416 e. The Labute approximate surface area is 183 Å². The first kappa shape index (κ1) is 22.3. The monoisotopic (exact) mass is 477 g/mol. The Morgan fingerprint density at radius 2 is 1.73 bits per heavy atom. The maximum absolute atomic E-state index is 15.6. The van der Waals surface area contributed by atoms with Crippen LogP contribution in [0, 0.1) is 17.0 Å². The van der Waals surface area contributed by atoms with Crippen molar-refractivity contribution in [1.29, 1.82) is 0 Å². The van der Waals surface area contributed by atoms with Crippen molar-refractivity contribution >= 4 is 5.82 Å². The third-order valence-electron chi connectivity index (χ3n) is 7.05. The molecule has 0 spiro atoms. The van der Waals surface area contributed by atoms with E-state index in [9.17, 15) is 22.0 Å². The van der Waals surface area contributed by atoms with E-state index in [0.717, 1.165) is 12.1 Å². The Morgan fingerprint density at radius 3 is 2.24 bits per heavy atom. The lowest BCUT2D eigenvalue weighted by atomic mass is 9.31. The zero-order chi connectivity index (χ0) is 23.9. The molecule has 12 heteroatoms. The maximum atomic E-state index is 15.6. The number of benzene rings is 1. The van der Waals surface area contributed by atoms with E-state index in [1.54, 1.807) is 0 Å². The molecule has 0 radical (unpaired) electrons. The quantitative estimate of drug-likeness (QED) is 0.465. The minimum atomic E-state index is -4.77. The van der Waals surface area contributed by atoms with Crippen LogP contribution in [0.1, 0.15) is 30.5 Å². The van der Waals surface area contributed by atoms with Crippen molar-refractivity contribution in [3.05, 3.63) is 53.5 Å². The van der Waals surface area contributed by atoms with E-state index in [1.807, 2.05) is 0 Å². The highest BCUT2D eigenvalue weighted by Gasteiger charge is 2.85. The fourth-order valence-electron chi connectivity index (χ4n) is 5.23. The van der Waals surface area contributed by atoms with Gasteiger partial charge >= 0.3 is 6.18 Å². The predicted octanol–water partition coefficient (Wildman–Crippen LogP) is 4.07. The molecule has 0 amide bonds. The van der Waals surface area contributed by atoms with Gasteiger partial charge in [0.1, 0.15) is 17.5 Å². The van der Waals surface area contributed by atoms with Gasteiger partial charge in [0.05, 0.1) is 31.2 Å². The number of aliphatic hydroxyl groups excluding tert-OH is 1. The Hall–Kier alpha value is -2.47. The van der Waals surface area contributed by atoms with Gasteiger partial charge in [-0.2, -0.15) is 13.2 Å². The number of hydrogen-bond donors (Lipinski definition) is 2. The third kappa shape index (κ3) is 3.13. The summed E-state index contributed by atoms with van der Waals surface area (Å²) in [5, 5.41) is 11.3. The first-order chi connectivity index (χ1) is 15.3. The van der Waals surface area contributed by atoms with Gasteiger partial charge in [-0.3, -0.25) is 4.98 Å². The van der Waals surface area contributed by atoms with Crippen LogP contribution in [0.5, 0.6) is 0 Å². The lowest BCUT2D eigenvalue weighted by Crippen LogP contribution is -2.74. The number of nitrogens with zero attached hydrogens (tertiary/aromatic N) is 2. The zero-order valence-corrected chi connectivity index (χ0v) is 16.9. The Bertz CT molecular complexity index is 1070. The van der Waals surface area contributed by atoms with Gasteiger partial charge in [0.25, 0.3) is 5.92 Å². The highest BCUT2D eigenvalue weighted by molar-refractivity contribution is 5.43. The van der Waals surface area contributed by atoms with Crippen molar-refractivity contribution in [3.8, 4) is 0 Å². The van der Waals surface area contributed by atoms with E-state index in [0.29, 0.717) is 11.8 Å². The molecular formula is C21H18F7N3O2. The van der Waals surface area contributed by atoms with Gasteiger partial charge in [0.15, 0.2) is 11.7 Å². The van der Waals surface area contributed by atoms with E-state index in [1.165, 1.54) is 12.4 Å². The van der Waals surface area contributed by atoms with E-state index >= 15 is 8.78 Å². The second kappa shape index (κ2) is 6.78. The van der Waals surface area contributed by atoms with Crippen LogP contribution >= 0.6 is 0 Å². The minimum Gasteiger partial charge on any atom is -0.382 e. The smallest absolute Gasteiger partial charge is 0.382 e. The number of aliphatic hydroxyl groups is 1. The van der Waals surface area contributed by atoms with Crippen LogP contribution in [0.3, 0.4) is 0 Å². The summed E-state index contributed by atoms with van der Waals surface area (Å²) in [4.78, 5) is 8.13. The molecule has 6 rings (SSSR count). The van der Waals surface area contributed by atoms with Gasteiger partial charge < -0.3 is 15.2 Å². The van der Waals surface area contributed by atoms with Crippen LogP contribution in [0.15, 0.2) is 30.6 Å². The summed E-state index contributed by atoms with van der Waals surface area (Å²) in [5.41, 5.74) is -4.13. The summed E-state index contributed by atoms with van der Waals surface area (Å²) >= 11 is 0. The summed E-state index contributed by atoms with van der Waals surface area (Å²) < 4.78 is 101. The highest BCUT2D eigenvalue weighted by atomic mass is 19.4. The normalized spacial score (nSPS) is 31.4. The second-order valence-electron chi connectivity index (χ2n) is 9.13. The minimum absolute atomic E-state index is 0.00538. The second-order valence-corrected chi connectivity index (χ2v) is 9.13. The molecule has 2 atom stereocenters. The van der Waals surface area contributed by atoms with Crippen LogP contribution in [0.25, 0.3) is 0 Å². The topological polar surface area (TPSA) is 70.6 Å². The van der Waals surface area contributed by atoms with E-state index in [4.69, 9.17) is 9.84 Å². The van der Waals surface area contributed by atoms with Crippen molar-refractivity contribution in [3.63, 3.8) is 0 Å². The summed E-state index contributed by atoms with van der Waals surface area (Å²) in [7, 11) is 0. The van der Waals surface area contributed by atoms with Crippen molar-refractivity contribution < 1.29 is 40.6 Å². The summed E-state index contributed by atoms with van der Waals surface area (Å²) in [6, 6.07) is 2.46. The molecule has 1 saturated heterocycles. The molecule has 33 heavy (non-hydrogen) atoms. The van der Waals surface area contributed by atoms with Gasteiger partial charge in [-0.25, -0.2) is 22.5 Å². The Kier molecular flexibility index (Phi) is 4.59. The number of ether oxygens (including phenoxy) is 1. The average Bonchev–Trinajstić information content (AvgIpc) is 3.46. The van der Waals surface area contributed by atoms with Crippen LogP contribution in [-0.2, 0) is 15.8 Å². The lowest BCUT2D eigenvalue weighted by Gasteiger charge is -2.72. The van der Waals surface area contributed by atoms with Gasteiger partial charge in [-0.1, -0.05) is 0 Å². The molecule has 3 aliphatic carbocycles. The van der Waals surface area contributed by atoms with E-state index in [2.05, 4.69) is 15.3 Å². The molecule has 1 aromatic heterocycles. The molecule has 5 nitrogen and oxygen atoms in total. The summed E-state index contributed by atoms with van der Waals surface area (Å²) in [6.45, 7) is -1.18. The fourth-order valence-corrected chi connectivity index (χ4v) is 5.23. The van der Waals surface area contributed by atoms with Crippen LogP contribution in [-0.4, -0.2) is 46.4 Å². The number of aromatic nitrogens is 2. The number of nitrogens with one attached hydrogen (secondary N) is 1. The third-order valence-corrected chi connectivity index (χ3v) is 7.05. The number of epoxide rings is 1. The molecule has 1 aromatic carbocycles. The van der Waals surface area contributed by atoms with Crippen molar-refractivity contribution in [2.75, 3.05) is 18.5 Å². The van der Waals surface area contributed by atoms with Crippen LogP contribution in [0.4, 0.5) is 36.6 Å². The van der Waals surface area contributed by atoms with E-state index in [-0.39, 0.29) is 37.3 Å². The molecule has 2 aromatic rings. The van der Waals surface area contributed by atoms with Gasteiger partial charge in [0.2, 0.25) is 0 Å². The summed E-state index contributed by atoms with van der Waals surface area (Å²) in [5.74, 6) is -5.35. The highest BCUT2D eigenvalue weighted by Crippen LogP contribution is 2.81. The fraction of sp³-hybridized carbons (Fsp3) is 0.524. The van der Waals surface area contributed by atoms with Gasteiger partial charge in [-0.05, 0) is 31.4 Å². The van der Waals surface area contributed by atoms with Crippen molar-refractivity contribution in [1.82, 2.24) is 9.97 Å². The SMILES string of the molecule is OC(CNc1cnc(C23CC(C(F)(F)C4(c5ccc(F)cc5F)CO4)(C2)C3)cn1)C(F)(F)F. The van der Waals surface area contributed by atoms with Crippen LogP contribution < -0.4 is 5.32 Å². The molecule has 3 saturated carbocycles. The van der Waals surface area contributed by atoms with E-state index < -0.39 is 52.8 Å². The standard InChI is InChI=1S/C21H18F7N3O2/c22-11-1-2-12(13(23)3-11)19(10-33-19)21(27,28)18-7-17(8-18,9-18)14-4-30-16(6-29-14)31-5-15(32)20(24,25)26/h1-4,6,15,32H,5,7-10H2,(H,30,31). The Balaban J connectivity index is 1.27. The lowest BCUT2D eigenvalue weighted by molar-refractivity contribution is -0.307. The number of halogens is 7. The molecule has 4 fully saturated rings. The first-order valence-corrected chi connectivity index (χ1v) is 10.1. The molecule has 2 unspecified atom stereocenters. The van der Waals surface area contributed by atoms with Crippen LogP contribution in [0.2, 0.25) is 0 Å². The predicted molar refractivity (Wildman–Crippen MR) is 99.5 cm³/mol. The average molecular weight is 477 g/mol. The molecule has 178 valence electrons. The molecular weight excluding hydrogens is 459 g/mol. The van der Waals surface area contributed by atoms with Gasteiger partial charge in [-0.15, -0.1) is 0 Å². The first-order valence-electron chi connectivity index (χ1n) is 10.1. The molecule has 2 N–H and O–H groups in total. The molecule has 2 bridgehead atoms. The number of rotatable bonds is 7. The molecule has 1 aliphatic heterocycles.